The van der Waals surface area contributed by atoms with Crippen LogP contribution < -0.4 is 10.9 Å². The molecule has 0 bridgehead atoms. The van der Waals surface area contributed by atoms with Crippen LogP contribution in [-0.4, -0.2) is 46.7 Å². The lowest BCUT2D eigenvalue weighted by molar-refractivity contribution is 0.0654. The highest BCUT2D eigenvalue weighted by Gasteiger charge is 2.31. The van der Waals surface area contributed by atoms with Crippen molar-refractivity contribution >= 4 is 5.91 Å². The van der Waals surface area contributed by atoms with Crippen molar-refractivity contribution in [3.05, 3.63) is 28.2 Å². The number of hydrogen-bond donors (Lipinski definition) is 2. The highest BCUT2D eigenvalue weighted by molar-refractivity contribution is 5.92. The van der Waals surface area contributed by atoms with E-state index in [1.54, 1.807) is 4.90 Å². The SMILES string of the molecule is CNC1(C)CCN(C(=O)c2ccc(=O)[nH]n2)CC1. The summed E-state index contributed by atoms with van der Waals surface area (Å²) in [6, 6.07) is 2.79. The van der Waals surface area contributed by atoms with E-state index < -0.39 is 0 Å². The van der Waals surface area contributed by atoms with E-state index >= 15 is 0 Å². The fraction of sp³-hybridized carbons (Fsp3) is 0.583. The summed E-state index contributed by atoms with van der Waals surface area (Å²) in [5.74, 6) is -0.121. The number of piperidine rings is 1. The Balaban J connectivity index is 2.04. The predicted octanol–water partition coefficient (Wildman–Crippen LogP) is -0.0160. The van der Waals surface area contributed by atoms with E-state index in [-0.39, 0.29) is 17.0 Å². The lowest BCUT2D eigenvalue weighted by Gasteiger charge is -2.39. The van der Waals surface area contributed by atoms with Crippen molar-refractivity contribution in [3.63, 3.8) is 0 Å². The van der Waals surface area contributed by atoms with Crippen LogP contribution in [0.2, 0.25) is 0 Å². The summed E-state index contributed by atoms with van der Waals surface area (Å²) in [5.41, 5.74) is 0.102. The summed E-state index contributed by atoms with van der Waals surface area (Å²) in [6.07, 6.45) is 1.83. The van der Waals surface area contributed by atoms with Crippen molar-refractivity contribution in [2.45, 2.75) is 25.3 Å². The van der Waals surface area contributed by atoms with Crippen molar-refractivity contribution in [3.8, 4) is 0 Å². The number of H-pyrrole nitrogens is 1. The van der Waals surface area contributed by atoms with Gasteiger partial charge in [0.15, 0.2) is 0 Å². The first kappa shape index (κ1) is 12.8. The first-order valence-electron chi connectivity index (χ1n) is 6.08. The summed E-state index contributed by atoms with van der Waals surface area (Å²) in [5, 5.41) is 9.33. The quantitative estimate of drug-likeness (QED) is 0.773. The Morgan fingerprint density at radius 3 is 2.61 bits per heavy atom. The Bertz CT molecular complexity index is 469. The zero-order valence-electron chi connectivity index (χ0n) is 10.7. The number of nitrogens with one attached hydrogen (secondary N) is 2. The van der Waals surface area contributed by atoms with Gasteiger partial charge in [0.1, 0.15) is 5.69 Å². The van der Waals surface area contributed by atoms with Crippen LogP contribution in [0.25, 0.3) is 0 Å². The molecule has 1 aliphatic heterocycles. The molecule has 6 heteroatoms. The maximum atomic E-state index is 12.1. The summed E-state index contributed by atoms with van der Waals surface area (Å²) >= 11 is 0. The largest absolute Gasteiger partial charge is 0.337 e. The molecule has 1 aromatic rings. The van der Waals surface area contributed by atoms with E-state index in [2.05, 4.69) is 22.4 Å². The maximum Gasteiger partial charge on any atom is 0.274 e. The summed E-state index contributed by atoms with van der Waals surface area (Å²) in [6.45, 7) is 3.57. The summed E-state index contributed by atoms with van der Waals surface area (Å²) < 4.78 is 0. The van der Waals surface area contributed by atoms with Crippen LogP contribution in [0.15, 0.2) is 16.9 Å². The van der Waals surface area contributed by atoms with Gasteiger partial charge in [-0.25, -0.2) is 5.10 Å². The molecule has 0 aliphatic carbocycles. The number of carbonyl (C=O) groups is 1. The summed E-state index contributed by atoms with van der Waals surface area (Å²) in [4.78, 5) is 24.8. The highest BCUT2D eigenvalue weighted by Crippen LogP contribution is 2.21. The van der Waals surface area contributed by atoms with E-state index in [9.17, 15) is 9.59 Å². The molecule has 0 unspecified atom stereocenters. The standard InChI is InChI=1S/C12H18N4O2/c1-12(13-2)5-7-16(8-6-12)11(18)9-3-4-10(17)15-14-9/h3-4,13H,5-8H2,1-2H3,(H,15,17). The molecule has 1 aromatic heterocycles. The van der Waals surface area contributed by atoms with Gasteiger partial charge in [-0.05, 0) is 32.9 Å². The molecule has 0 aromatic carbocycles. The molecule has 98 valence electrons. The molecule has 1 aliphatic rings. The Morgan fingerprint density at radius 2 is 2.11 bits per heavy atom. The van der Waals surface area contributed by atoms with Gasteiger partial charge in [-0.3, -0.25) is 9.59 Å². The Hall–Kier alpha value is -1.69. The van der Waals surface area contributed by atoms with Gasteiger partial charge < -0.3 is 10.2 Å². The predicted molar refractivity (Wildman–Crippen MR) is 67.5 cm³/mol. The minimum Gasteiger partial charge on any atom is -0.337 e. The molecule has 1 fully saturated rings. The molecule has 0 spiro atoms. The van der Waals surface area contributed by atoms with E-state index in [4.69, 9.17) is 0 Å². The number of rotatable bonds is 2. The van der Waals surface area contributed by atoms with Crippen molar-refractivity contribution in [1.82, 2.24) is 20.4 Å². The van der Waals surface area contributed by atoms with Crippen LogP contribution in [0.3, 0.4) is 0 Å². The highest BCUT2D eigenvalue weighted by atomic mass is 16.2. The first-order chi connectivity index (χ1) is 8.54. The monoisotopic (exact) mass is 250 g/mol. The normalized spacial score (nSPS) is 18.7. The molecular weight excluding hydrogens is 232 g/mol. The third-order valence-corrected chi connectivity index (χ3v) is 3.66. The molecule has 2 N–H and O–H groups in total. The minimum absolute atomic E-state index is 0.106. The number of aromatic nitrogens is 2. The fourth-order valence-electron chi connectivity index (χ4n) is 2.08. The second-order valence-electron chi connectivity index (χ2n) is 4.91. The zero-order valence-corrected chi connectivity index (χ0v) is 10.7. The number of carbonyl (C=O) groups excluding carboxylic acids is 1. The minimum atomic E-state index is -0.298. The first-order valence-corrected chi connectivity index (χ1v) is 6.08. The van der Waals surface area contributed by atoms with Gasteiger partial charge in [0.25, 0.3) is 11.5 Å². The van der Waals surface area contributed by atoms with E-state index in [0.29, 0.717) is 18.8 Å². The van der Waals surface area contributed by atoms with Gasteiger partial charge in [0.05, 0.1) is 0 Å². The van der Waals surface area contributed by atoms with E-state index in [1.807, 2.05) is 7.05 Å². The van der Waals surface area contributed by atoms with Gasteiger partial charge in [0.2, 0.25) is 0 Å². The van der Waals surface area contributed by atoms with Gasteiger partial charge >= 0.3 is 0 Å². The Kier molecular flexibility index (Phi) is 3.47. The summed E-state index contributed by atoms with van der Waals surface area (Å²) in [7, 11) is 1.95. The van der Waals surface area contributed by atoms with Crippen molar-refractivity contribution in [2.24, 2.45) is 0 Å². The Morgan fingerprint density at radius 1 is 1.44 bits per heavy atom. The van der Waals surface area contributed by atoms with Gasteiger partial charge in [0, 0.05) is 24.7 Å². The number of hydrogen-bond acceptors (Lipinski definition) is 4. The van der Waals surface area contributed by atoms with Crippen molar-refractivity contribution in [2.75, 3.05) is 20.1 Å². The molecule has 6 nitrogen and oxygen atoms in total. The molecular formula is C12H18N4O2. The van der Waals surface area contributed by atoms with Gasteiger partial charge in [-0.15, -0.1) is 0 Å². The molecule has 0 atom stereocenters. The topological polar surface area (TPSA) is 78.1 Å². The van der Waals surface area contributed by atoms with Crippen LogP contribution in [0.1, 0.15) is 30.3 Å². The average Bonchev–Trinajstić information content (AvgIpc) is 2.40. The second-order valence-corrected chi connectivity index (χ2v) is 4.91. The third-order valence-electron chi connectivity index (χ3n) is 3.66. The molecule has 0 radical (unpaired) electrons. The zero-order chi connectivity index (χ0) is 13.2. The smallest absolute Gasteiger partial charge is 0.274 e. The van der Waals surface area contributed by atoms with Crippen LogP contribution in [-0.2, 0) is 0 Å². The molecule has 2 rings (SSSR count). The number of aromatic amines is 1. The molecule has 1 amide bonds. The second kappa shape index (κ2) is 4.89. The van der Waals surface area contributed by atoms with E-state index in [1.165, 1.54) is 12.1 Å². The third kappa shape index (κ3) is 2.59. The van der Waals surface area contributed by atoms with Crippen LogP contribution in [0.4, 0.5) is 0 Å². The van der Waals surface area contributed by atoms with Crippen molar-refractivity contribution in [1.29, 1.82) is 0 Å². The number of likely N-dealkylation sites (tertiary alicyclic amines) is 1. The van der Waals surface area contributed by atoms with Gasteiger partial charge in [-0.1, -0.05) is 0 Å². The fourth-order valence-corrected chi connectivity index (χ4v) is 2.08. The lowest BCUT2D eigenvalue weighted by Crippen LogP contribution is -2.51. The molecule has 2 heterocycles. The lowest BCUT2D eigenvalue weighted by atomic mass is 9.90. The molecule has 1 saturated heterocycles. The Labute approximate surface area is 105 Å². The van der Waals surface area contributed by atoms with Crippen LogP contribution in [0, 0.1) is 0 Å². The molecule has 18 heavy (non-hydrogen) atoms. The van der Waals surface area contributed by atoms with Gasteiger partial charge in [-0.2, -0.15) is 5.10 Å². The molecule has 0 saturated carbocycles. The van der Waals surface area contributed by atoms with Crippen molar-refractivity contribution < 1.29 is 4.79 Å². The number of nitrogens with zero attached hydrogens (tertiary/aromatic N) is 2. The van der Waals surface area contributed by atoms with E-state index in [0.717, 1.165) is 12.8 Å². The maximum absolute atomic E-state index is 12.1. The average molecular weight is 250 g/mol. The number of amides is 1. The van der Waals surface area contributed by atoms with Crippen LogP contribution in [0.5, 0.6) is 0 Å². The van der Waals surface area contributed by atoms with Crippen LogP contribution >= 0.6 is 0 Å².